The van der Waals surface area contributed by atoms with E-state index in [9.17, 15) is 14.4 Å². The fraction of sp³-hybridized carbons (Fsp3) is 0.286. The Morgan fingerprint density at radius 2 is 1.70 bits per heavy atom. The van der Waals surface area contributed by atoms with Crippen molar-refractivity contribution in [3.05, 3.63) is 65.0 Å². The van der Waals surface area contributed by atoms with E-state index in [2.05, 4.69) is 5.32 Å². The van der Waals surface area contributed by atoms with Gasteiger partial charge in [0.25, 0.3) is 5.91 Å². The monoisotopic (exact) mass is 433 g/mol. The van der Waals surface area contributed by atoms with Crippen molar-refractivity contribution in [1.29, 1.82) is 0 Å². The first-order chi connectivity index (χ1) is 13.9. The second kappa shape index (κ2) is 9.43. The van der Waals surface area contributed by atoms with E-state index in [4.69, 9.17) is 4.74 Å². The van der Waals surface area contributed by atoms with Gasteiger partial charge in [-0.3, -0.25) is 4.79 Å². The number of carbonyl (C=O) groups excluding carboxylic acids is 3. The van der Waals surface area contributed by atoms with Crippen molar-refractivity contribution in [3.63, 3.8) is 0 Å². The number of rotatable bonds is 5. The Balaban J connectivity index is 0.00000256. The molecule has 0 aromatic heterocycles. The van der Waals surface area contributed by atoms with Crippen LogP contribution >= 0.6 is 11.8 Å². The minimum absolute atomic E-state index is 0. The summed E-state index contributed by atoms with van der Waals surface area (Å²) in [5.41, 5.74) is 2.50. The van der Waals surface area contributed by atoms with E-state index in [0.29, 0.717) is 24.3 Å². The first kappa shape index (κ1) is 22.7. The van der Waals surface area contributed by atoms with Crippen LogP contribution in [0.15, 0.2) is 48.5 Å². The van der Waals surface area contributed by atoms with E-state index in [1.165, 1.54) is 0 Å². The molecule has 3 amide bonds. The molecule has 150 valence electrons. The first-order valence-corrected chi connectivity index (χ1v) is 10.1. The van der Waals surface area contributed by atoms with E-state index in [1.54, 1.807) is 11.9 Å². The number of hydrogen-bond donors (Lipinski definition) is 0. The van der Waals surface area contributed by atoms with Gasteiger partial charge in [0.15, 0.2) is 0 Å². The number of nitrogens with zero attached hydrogens (tertiary/aromatic N) is 3. The predicted molar refractivity (Wildman–Crippen MR) is 112 cm³/mol. The topological polar surface area (TPSA) is 81.0 Å². The number of thioether (sulfide) groups is 1. The number of para-hydroxylation sites is 1. The molecule has 0 radical (unpaired) electrons. The summed E-state index contributed by atoms with van der Waals surface area (Å²) < 4.78 is 5.93. The third-order valence-corrected chi connectivity index (χ3v) is 6.14. The van der Waals surface area contributed by atoms with Crippen LogP contribution in [0.25, 0.3) is 5.32 Å². The van der Waals surface area contributed by atoms with Crippen molar-refractivity contribution in [1.82, 2.24) is 4.90 Å². The molecule has 7 nitrogen and oxygen atoms in total. The summed E-state index contributed by atoms with van der Waals surface area (Å²) in [7, 11) is 3.72. The Morgan fingerprint density at radius 1 is 1.00 bits per heavy atom. The third kappa shape index (κ3) is 4.51. The van der Waals surface area contributed by atoms with Crippen LogP contribution in [0.5, 0.6) is 5.75 Å². The molecule has 9 heteroatoms. The van der Waals surface area contributed by atoms with Crippen molar-refractivity contribution >= 4 is 34.5 Å². The predicted octanol–water partition coefficient (Wildman–Crippen LogP) is 0.296. The van der Waals surface area contributed by atoms with Gasteiger partial charge in [-0.25, -0.2) is 0 Å². The molecule has 30 heavy (non-hydrogen) atoms. The molecule has 0 spiro atoms. The molecular formula is C21H20N3NaO4S. The summed E-state index contributed by atoms with van der Waals surface area (Å²) >= 11 is 0.967. The Morgan fingerprint density at radius 3 is 2.37 bits per heavy atom. The van der Waals surface area contributed by atoms with Gasteiger partial charge in [-0.2, -0.15) is 0 Å². The minimum Gasteiger partial charge on any atom is -0.585 e. The Hall–Kier alpha value is -2.00. The Kier molecular flexibility index (Phi) is 7.13. The fourth-order valence-electron chi connectivity index (χ4n) is 3.53. The molecule has 4 rings (SSSR count). The molecule has 2 aromatic rings. The summed E-state index contributed by atoms with van der Waals surface area (Å²) in [5.74, 6) is 0.281. The number of benzene rings is 2. The largest absolute Gasteiger partial charge is 1.00 e. The zero-order chi connectivity index (χ0) is 20.5. The van der Waals surface area contributed by atoms with Crippen molar-refractivity contribution in [2.45, 2.75) is 17.8 Å². The molecule has 2 unspecified atom stereocenters. The molecule has 2 atom stereocenters. The normalized spacial score (nSPS) is 20.5. The maximum Gasteiger partial charge on any atom is 1.00 e. The molecule has 1 fully saturated rings. The van der Waals surface area contributed by atoms with Gasteiger partial charge in [0.05, 0.1) is 22.4 Å². The summed E-state index contributed by atoms with van der Waals surface area (Å²) in [6, 6.07) is 14.9. The molecule has 2 aromatic carbocycles. The van der Waals surface area contributed by atoms with E-state index in [1.807, 2.05) is 60.5 Å². The molecule has 2 heterocycles. The summed E-state index contributed by atoms with van der Waals surface area (Å²) in [5, 5.41) is 2.57. The van der Waals surface area contributed by atoms with Gasteiger partial charge < -0.3 is 29.4 Å². The number of imide groups is 1. The van der Waals surface area contributed by atoms with Gasteiger partial charge in [0, 0.05) is 14.1 Å². The van der Waals surface area contributed by atoms with Crippen LogP contribution in [-0.4, -0.2) is 54.1 Å². The SMILES string of the molecule is CN1C(=O)c2ccccc2N(C)C1COc1ccc(CC2SC(=O)[N-]C2=O)cc1.[Na+]. The standard InChI is InChI=1S/C21H21N3O4S.Na/c1-23-16-6-4-3-5-15(16)20(26)24(2)18(23)12-28-14-9-7-13(8-10-14)11-17-19(25)22-21(27)29-17;/h3-10,17-18H,11-12H2,1-2H3,(H,22,25,27);/q;+1/p-1. The van der Waals surface area contributed by atoms with E-state index in [0.717, 1.165) is 23.0 Å². The molecule has 1 saturated heterocycles. The maximum absolute atomic E-state index is 12.6. The molecule has 2 aliphatic heterocycles. The number of amides is 3. The van der Waals surface area contributed by atoms with Crippen molar-refractivity contribution in [2.75, 3.05) is 25.6 Å². The quantitative estimate of drug-likeness (QED) is 0.631. The van der Waals surface area contributed by atoms with Crippen LogP contribution in [0.2, 0.25) is 0 Å². The van der Waals surface area contributed by atoms with Gasteiger partial charge in [-0.1, -0.05) is 36.0 Å². The zero-order valence-corrected chi connectivity index (χ0v) is 19.9. The number of anilines is 1. The first-order valence-electron chi connectivity index (χ1n) is 9.21. The van der Waals surface area contributed by atoms with Crippen LogP contribution in [-0.2, 0) is 11.2 Å². The second-order valence-corrected chi connectivity index (χ2v) is 8.16. The summed E-state index contributed by atoms with van der Waals surface area (Å²) in [4.78, 5) is 39.2. The number of likely N-dealkylation sites (N-methyl/N-ethyl adjacent to an activating group) is 2. The maximum atomic E-state index is 12.6. The molecule has 2 aliphatic rings. The van der Waals surface area contributed by atoms with Gasteiger partial charge in [-0.05, 0) is 36.2 Å². The van der Waals surface area contributed by atoms with E-state index >= 15 is 0 Å². The van der Waals surface area contributed by atoms with Crippen LogP contribution in [0.1, 0.15) is 15.9 Å². The van der Waals surface area contributed by atoms with Gasteiger partial charge >= 0.3 is 29.6 Å². The average molecular weight is 433 g/mol. The van der Waals surface area contributed by atoms with Crippen LogP contribution in [0, 0.1) is 0 Å². The Labute approximate surface area is 201 Å². The molecule has 0 saturated carbocycles. The van der Waals surface area contributed by atoms with Gasteiger partial charge in [0.1, 0.15) is 23.8 Å². The van der Waals surface area contributed by atoms with E-state index < -0.39 is 10.5 Å². The third-order valence-electron chi connectivity index (χ3n) is 5.19. The van der Waals surface area contributed by atoms with Gasteiger partial charge in [0.2, 0.25) is 0 Å². The zero-order valence-electron chi connectivity index (χ0n) is 17.1. The fourth-order valence-corrected chi connectivity index (χ4v) is 4.34. The molecule has 0 N–H and O–H groups in total. The number of fused-ring (bicyclic) bond motifs is 1. The van der Waals surface area contributed by atoms with Crippen molar-refractivity contribution in [2.24, 2.45) is 0 Å². The molecule has 0 bridgehead atoms. The number of ether oxygens (including phenoxy) is 1. The summed E-state index contributed by atoms with van der Waals surface area (Å²) in [6.45, 7) is 0.316. The van der Waals surface area contributed by atoms with Crippen LogP contribution in [0.3, 0.4) is 0 Å². The van der Waals surface area contributed by atoms with Crippen LogP contribution in [0.4, 0.5) is 10.5 Å². The number of carbonyl (C=O) groups is 3. The second-order valence-electron chi connectivity index (χ2n) is 7.01. The minimum atomic E-state index is -0.440. The van der Waals surface area contributed by atoms with Gasteiger partial charge in [-0.15, -0.1) is 0 Å². The van der Waals surface area contributed by atoms with E-state index in [-0.39, 0.29) is 47.5 Å². The number of hydrogen-bond acceptors (Lipinski definition) is 6. The molecule has 0 aliphatic carbocycles. The summed E-state index contributed by atoms with van der Waals surface area (Å²) in [6.07, 6.45) is 0.232. The average Bonchev–Trinajstić information content (AvgIpc) is 3.04. The van der Waals surface area contributed by atoms with Crippen molar-refractivity contribution in [3.8, 4) is 5.75 Å². The smallest absolute Gasteiger partial charge is 0.585 e. The van der Waals surface area contributed by atoms with Crippen LogP contribution < -0.4 is 39.2 Å². The Bertz CT molecular complexity index is 969. The molecular weight excluding hydrogens is 413 g/mol. The van der Waals surface area contributed by atoms with Crippen molar-refractivity contribution < 1.29 is 48.7 Å².